The van der Waals surface area contributed by atoms with Crippen molar-refractivity contribution in [3.05, 3.63) is 28.8 Å². The minimum atomic E-state index is 0.856. The van der Waals surface area contributed by atoms with Crippen LogP contribution in [0.2, 0.25) is 5.02 Å². The molecule has 1 aromatic carbocycles. The van der Waals surface area contributed by atoms with E-state index in [1.807, 2.05) is 20.0 Å². The maximum absolute atomic E-state index is 5.81. The molecule has 0 atom stereocenters. The largest absolute Gasteiger partial charge is 0.141 e. The Morgan fingerprint density at radius 2 is 2.11 bits per heavy atom. The molecule has 9 heavy (non-hydrogen) atoms. The Morgan fingerprint density at radius 1 is 1.44 bits per heavy atom. The van der Waals surface area contributed by atoms with Gasteiger partial charge in [0.1, 0.15) is 7.85 Å². The molecule has 0 radical (unpaired) electrons. The molecule has 0 heterocycles. The molecule has 0 aliphatic carbocycles. The summed E-state index contributed by atoms with van der Waals surface area (Å²) >= 11 is 5.81. The van der Waals surface area contributed by atoms with Crippen LogP contribution >= 0.6 is 11.6 Å². The molecule has 46 valence electrons. The first-order chi connectivity index (χ1) is 4.22. The molecule has 2 heteroatoms. The zero-order valence-electron chi connectivity index (χ0n) is 5.61. The highest BCUT2D eigenvalue weighted by Gasteiger charge is 1.93. The van der Waals surface area contributed by atoms with Crippen LogP contribution in [0, 0.1) is 6.92 Å². The van der Waals surface area contributed by atoms with Crippen LogP contribution in [0.4, 0.5) is 0 Å². The van der Waals surface area contributed by atoms with Gasteiger partial charge in [-0.15, -0.1) is 0 Å². The Balaban J connectivity index is 3.25. The predicted octanol–water partition coefficient (Wildman–Crippen LogP) is 0.907. The van der Waals surface area contributed by atoms with Crippen LogP contribution in [0.1, 0.15) is 5.56 Å². The van der Waals surface area contributed by atoms with Gasteiger partial charge in [-0.25, -0.2) is 0 Å². The van der Waals surface area contributed by atoms with E-state index in [1.165, 1.54) is 11.0 Å². The minimum absolute atomic E-state index is 0.856. The maximum atomic E-state index is 5.81. The van der Waals surface area contributed by atoms with E-state index in [4.69, 9.17) is 11.6 Å². The number of halogens is 1. The number of benzene rings is 1. The molecule has 0 unspecified atom stereocenters. The number of rotatable bonds is 0. The Hall–Kier alpha value is -0.425. The van der Waals surface area contributed by atoms with E-state index >= 15 is 0 Å². The zero-order valence-corrected chi connectivity index (χ0v) is 6.37. The van der Waals surface area contributed by atoms with Gasteiger partial charge in [0.05, 0.1) is 0 Å². The van der Waals surface area contributed by atoms with E-state index in [-0.39, 0.29) is 0 Å². The van der Waals surface area contributed by atoms with Gasteiger partial charge in [-0.3, -0.25) is 0 Å². The van der Waals surface area contributed by atoms with Gasteiger partial charge in [0, 0.05) is 5.02 Å². The summed E-state index contributed by atoms with van der Waals surface area (Å²) in [4.78, 5) is 0. The maximum Gasteiger partial charge on any atom is 0.141 e. The molecule has 0 spiro atoms. The van der Waals surface area contributed by atoms with Crippen molar-refractivity contribution in [1.29, 1.82) is 0 Å². The smallest absolute Gasteiger partial charge is 0.0850 e. The van der Waals surface area contributed by atoms with Crippen molar-refractivity contribution >= 4 is 24.9 Å². The molecule has 0 aliphatic rings. The van der Waals surface area contributed by atoms with Crippen molar-refractivity contribution in [3.8, 4) is 0 Å². The van der Waals surface area contributed by atoms with Crippen molar-refractivity contribution in [2.75, 3.05) is 0 Å². The highest BCUT2D eigenvalue weighted by atomic mass is 35.5. The molecule has 0 aliphatic heterocycles. The Labute approximate surface area is 61.3 Å². The van der Waals surface area contributed by atoms with Gasteiger partial charge in [0.15, 0.2) is 0 Å². The Morgan fingerprint density at radius 3 is 2.56 bits per heavy atom. The van der Waals surface area contributed by atoms with Crippen LogP contribution in [-0.2, 0) is 0 Å². The summed E-state index contributed by atoms with van der Waals surface area (Å²) in [5, 5.41) is 0.856. The minimum Gasteiger partial charge on any atom is -0.0850 e. The van der Waals surface area contributed by atoms with Gasteiger partial charge < -0.3 is 0 Å². The Kier molecular flexibility index (Phi) is 1.82. The van der Waals surface area contributed by atoms with Crippen LogP contribution < -0.4 is 5.46 Å². The lowest BCUT2D eigenvalue weighted by Gasteiger charge is -1.99. The second-order valence-electron chi connectivity index (χ2n) is 2.18. The molecule has 0 N–H and O–H groups in total. The average Bonchev–Trinajstić information content (AvgIpc) is 1.83. The van der Waals surface area contributed by atoms with Gasteiger partial charge in [-0.2, -0.15) is 0 Å². The standard InChI is InChI=1S/C7H8BCl/c1-5-3-2-4-6(9)7(5)8/h2-4H,8H2,1H3. The number of aryl methyl sites for hydroxylation is 1. The third-order valence-electron chi connectivity index (χ3n) is 1.54. The van der Waals surface area contributed by atoms with Crippen molar-refractivity contribution < 1.29 is 0 Å². The van der Waals surface area contributed by atoms with Gasteiger partial charge >= 0.3 is 0 Å². The van der Waals surface area contributed by atoms with Crippen molar-refractivity contribution in [1.82, 2.24) is 0 Å². The molecule has 1 rings (SSSR count). The summed E-state index contributed by atoms with van der Waals surface area (Å²) in [6.07, 6.45) is 0. The first kappa shape index (κ1) is 6.69. The summed E-state index contributed by atoms with van der Waals surface area (Å²) < 4.78 is 0. The van der Waals surface area contributed by atoms with E-state index in [9.17, 15) is 0 Å². The normalized spacial score (nSPS) is 9.56. The fourth-order valence-electron chi connectivity index (χ4n) is 0.715. The molecule has 0 saturated heterocycles. The lowest BCUT2D eigenvalue weighted by molar-refractivity contribution is 1.52. The summed E-state index contributed by atoms with van der Waals surface area (Å²) in [5.74, 6) is 0. The lowest BCUT2D eigenvalue weighted by Crippen LogP contribution is -2.07. The van der Waals surface area contributed by atoms with Gasteiger partial charge in [0.25, 0.3) is 0 Å². The summed E-state index contributed by atoms with van der Waals surface area (Å²) in [7, 11) is 2.03. The van der Waals surface area contributed by atoms with E-state index < -0.39 is 0 Å². The van der Waals surface area contributed by atoms with Crippen LogP contribution in [0.15, 0.2) is 18.2 Å². The third kappa shape index (κ3) is 1.28. The van der Waals surface area contributed by atoms with E-state index in [0.717, 1.165) is 5.02 Å². The van der Waals surface area contributed by atoms with Gasteiger partial charge in [-0.1, -0.05) is 34.8 Å². The molecular formula is C7H8BCl. The van der Waals surface area contributed by atoms with E-state index in [2.05, 4.69) is 13.0 Å². The van der Waals surface area contributed by atoms with Gasteiger partial charge in [-0.05, 0) is 13.0 Å². The zero-order chi connectivity index (χ0) is 6.85. The van der Waals surface area contributed by atoms with Crippen LogP contribution in [0.5, 0.6) is 0 Å². The number of hydrogen-bond acceptors (Lipinski definition) is 0. The van der Waals surface area contributed by atoms with Gasteiger partial charge in [0.2, 0.25) is 0 Å². The Bertz CT molecular complexity index is 200. The average molecular weight is 138 g/mol. The van der Waals surface area contributed by atoms with E-state index in [1.54, 1.807) is 0 Å². The summed E-state index contributed by atoms with van der Waals surface area (Å²) in [6.45, 7) is 2.06. The van der Waals surface area contributed by atoms with Crippen LogP contribution in [0.25, 0.3) is 0 Å². The van der Waals surface area contributed by atoms with Crippen molar-refractivity contribution in [2.45, 2.75) is 6.92 Å². The quantitative estimate of drug-likeness (QED) is 0.468. The van der Waals surface area contributed by atoms with E-state index in [0.29, 0.717) is 0 Å². The fraction of sp³-hybridized carbons (Fsp3) is 0.143. The second kappa shape index (κ2) is 2.44. The predicted molar refractivity (Wildman–Crippen MR) is 44.4 cm³/mol. The first-order valence-corrected chi connectivity index (χ1v) is 3.31. The molecular weight excluding hydrogens is 130 g/mol. The lowest BCUT2D eigenvalue weighted by atomic mass is 9.91. The highest BCUT2D eigenvalue weighted by Crippen LogP contribution is 2.04. The molecule has 1 aromatic rings. The molecule has 0 nitrogen and oxygen atoms in total. The number of hydrogen-bond donors (Lipinski definition) is 0. The molecule has 0 aromatic heterocycles. The molecule has 0 amide bonds. The molecule has 0 saturated carbocycles. The van der Waals surface area contributed by atoms with Crippen molar-refractivity contribution in [2.24, 2.45) is 0 Å². The first-order valence-electron chi connectivity index (χ1n) is 2.93. The summed E-state index contributed by atoms with van der Waals surface area (Å²) in [5.41, 5.74) is 2.43. The summed E-state index contributed by atoms with van der Waals surface area (Å²) in [6, 6.07) is 5.93. The monoisotopic (exact) mass is 138 g/mol. The fourth-order valence-corrected chi connectivity index (χ4v) is 0.937. The second-order valence-corrected chi connectivity index (χ2v) is 2.59. The SMILES string of the molecule is Bc1c(C)cccc1Cl. The highest BCUT2D eigenvalue weighted by molar-refractivity contribution is 6.45. The van der Waals surface area contributed by atoms with Crippen LogP contribution in [-0.4, -0.2) is 7.85 Å². The molecule has 0 bridgehead atoms. The van der Waals surface area contributed by atoms with Crippen molar-refractivity contribution in [3.63, 3.8) is 0 Å². The topological polar surface area (TPSA) is 0 Å². The van der Waals surface area contributed by atoms with Crippen LogP contribution in [0.3, 0.4) is 0 Å². The molecule has 0 fully saturated rings. The third-order valence-corrected chi connectivity index (χ3v) is 1.95.